The lowest BCUT2D eigenvalue weighted by Crippen LogP contribution is -2.11. The first kappa shape index (κ1) is 15.5. The minimum atomic E-state index is -0.0374. The van der Waals surface area contributed by atoms with Crippen molar-refractivity contribution in [3.8, 4) is 6.07 Å². The summed E-state index contributed by atoms with van der Waals surface area (Å²) in [5, 5.41) is 11.5. The number of hydrogen-bond donors (Lipinski definition) is 1. The third-order valence-corrected chi connectivity index (χ3v) is 3.23. The smallest absolute Gasteiger partial charge is 0.224 e. The van der Waals surface area contributed by atoms with E-state index < -0.39 is 0 Å². The van der Waals surface area contributed by atoms with Crippen LogP contribution in [0.3, 0.4) is 0 Å². The van der Waals surface area contributed by atoms with Crippen molar-refractivity contribution in [2.75, 3.05) is 5.32 Å². The zero-order chi connectivity index (χ0) is 15.8. The van der Waals surface area contributed by atoms with Crippen molar-refractivity contribution in [2.24, 2.45) is 0 Å². The molecule has 0 aliphatic heterocycles. The first-order chi connectivity index (χ1) is 10.7. The number of rotatable bonds is 6. The van der Waals surface area contributed by atoms with Gasteiger partial charge in [0.15, 0.2) is 5.43 Å². The molecule has 1 N–H and O–H groups in total. The summed E-state index contributed by atoms with van der Waals surface area (Å²) in [6.07, 6.45) is 5.58. The standard InChI is InChI=1S/C17H17N3O2/c18-13-14-4-6-15(7-5-14)19-17(22)3-1-2-10-20-11-8-16(21)9-12-20/h4-9,11-12H,1-3,10H2,(H,19,22). The summed E-state index contributed by atoms with van der Waals surface area (Å²) in [6, 6.07) is 11.9. The highest BCUT2D eigenvalue weighted by Crippen LogP contribution is 2.10. The second-order valence-electron chi connectivity index (χ2n) is 4.97. The monoisotopic (exact) mass is 295 g/mol. The fourth-order valence-corrected chi connectivity index (χ4v) is 2.02. The Balaban J connectivity index is 1.70. The molecule has 0 atom stereocenters. The first-order valence-electron chi connectivity index (χ1n) is 7.13. The minimum Gasteiger partial charge on any atom is -0.354 e. The normalized spacial score (nSPS) is 9.95. The van der Waals surface area contributed by atoms with Crippen LogP contribution in [0.2, 0.25) is 0 Å². The lowest BCUT2D eigenvalue weighted by molar-refractivity contribution is -0.116. The maximum Gasteiger partial charge on any atom is 0.224 e. The molecule has 1 aromatic carbocycles. The second-order valence-corrected chi connectivity index (χ2v) is 4.97. The molecule has 112 valence electrons. The van der Waals surface area contributed by atoms with E-state index in [1.165, 1.54) is 12.1 Å². The quantitative estimate of drug-likeness (QED) is 0.832. The van der Waals surface area contributed by atoms with Gasteiger partial charge in [-0.25, -0.2) is 0 Å². The van der Waals surface area contributed by atoms with Gasteiger partial charge in [0.2, 0.25) is 5.91 Å². The minimum absolute atomic E-state index is 0.00181. The molecule has 2 rings (SSSR count). The Kier molecular flexibility index (Phi) is 5.50. The predicted octanol–water partition coefficient (Wildman–Crippen LogP) is 2.53. The molecule has 0 unspecified atom stereocenters. The second kappa shape index (κ2) is 7.79. The van der Waals surface area contributed by atoms with E-state index in [0.717, 1.165) is 19.4 Å². The fourth-order valence-electron chi connectivity index (χ4n) is 2.02. The van der Waals surface area contributed by atoms with Crippen molar-refractivity contribution >= 4 is 11.6 Å². The predicted molar refractivity (Wildman–Crippen MR) is 84.3 cm³/mol. The zero-order valence-electron chi connectivity index (χ0n) is 12.2. The van der Waals surface area contributed by atoms with Crippen LogP contribution in [0.4, 0.5) is 5.69 Å². The number of amides is 1. The molecule has 0 bridgehead atoms. The van der Waals surface area contributed by atoms with Crippen LogP contribution in [0.1, 0.15) is 24.8 Å². The number of nitriles is 1. The topological polar surface area (TPSA) is 74.9 Å². The number of hydrogen-bond acceptors (Lipinski definition) is 3. The van der Waals surface area contributed by atoms with Crippen molar-refractivity contribution in [1.82, 2.24) is 4.57 Å². The van der Waals surface area contributed by atoms with E-state index in [4.69, 9.17) is 5.26 Å². The van der Waals surface area contributed by atoms with Crippen molar-refractivity contribution < 1.29 is 4.79 Å². The molecule has 0 fully saturated rings. The van der Waals surface area contributed by atoms with E-state index in [2.05, 4.69) is 5.32 Å². The fraction of sp³-hybridized carbons (Fsp3) is 0.235. The van der Waals surface area contributed by atoms with E-state index >= 15 is 0 Å². The molecule has 0 aliphatic rings. The lowest BCUT2D eigenvalue weighted by atomic mass is 10.2. The van der Waals surface area contributed by atoms with Gasteiger partial charge in [-0.3, -0.25) is 9.59 Å². The summed E-state index contributed by atoms with van der Waals surface area (Å²) < 4.78 is 1.93. The van der Waals surface area contributed by atoms with Gasteiger partial charge in [0, 0.05) is 43.2 Å². The molecule has 0 spiro atoms. The van der Waals surface area contributed by atoms with Gasteiger partial charge in [0.1, 0.15) is 0 Å². The third kappa shape index (κ3) is 4.91. The average Bonchev–Trinajstić information content (AvgIpc) is 2.54. The van der Waals surface area contributed by atoms with Crippen LogP contribution in [0.5, 0.6) is 0 Å². The number of nitrogens with one attached hydrogen (secondary N) is 1. The molecular formula is C17H17N3O2. The number of carbonyl (C=O) groups is 1. The van der Waals surface area contributed by atoms with Crippen molar-refractivity contribution in [3.05, 3.63) is 64.6 Å². The SMILES string of the molecule is N#Cc1ccc(NC(=O)CCCCn2ccc(=O)cc2)cc1. The van der Waals surface area contributed by atoms with Crippen LogP contribution >= 0.6 is 0 Å². The van der Waals surface area contributed by atoms with Crippen molar-refractivity contribution in [3.63, 3.8) is 0 Å². The van der Waals surface area contributed by atoms with Gasteiger partial charge in [-0.15, -0.1) is 0 Å². The molecule has 0 saturated heterocycles. The maximum atomic E-state index is 11.8. The molecular weight excluding hydrogens is 278 g/mol. The molecule has 0 saturated carbocycles. The molecule has 2 aromatic rings. The van der Waals surface area contributed by atoms with Crippen molar-refractivity contribution in [1.29, 1.82) is 5.26 Å². The van der Waals surface area contributed by atoms with Crippen LogP contribution in [-0.4, -0.2) is 10.5 Å². The summed E-state index contributed by atoms with van der Waals surface area (Å²) in [4.78, 5) is 22.8. The van der Waals surface area contributed by atoms with Gasteiger partial charge >= 0.3 is 0 Å². The Morgan fingerprint density at radius 2 is 1.77 bits per heavy atom. The number of carbonyl (C=O) groups excluding carboxylic acids is 1. The van der Waals surface area contributed by atoms with Crippen LogP contribution in [0.15, 0.2) is 53.6 Å². The first-order valence-corrected chi connectivity index (χ1v) is 7.13. The lowest BCUT2D eigenvalue weighted by Gasteiger charge is -2.07. The Bertz CT molecular complexity index is 706. The number of unbranched alkanes of at least 4 members (excludes halogenated alkanes) is 1. The number of anilines is 1. The number of pyridine rings is 1. The molecule has 22 heavy (non-hydrogen) atoms. The summed E-state index contributed by atoms with van der Waals surface area (Å²) >= 11 is 0. The van der Waals surface area contributed by atoms with E-state index in [0.29, 0.717) is 17.7 Å². The number of benzene rings is 1. The van der Waals surface area contributed by atoms with E-state index in [-0.39, 0.29) is 11.3 Å². The van der Waals surface area contributed by atoms with Gasteiger partial charge in [-0.05, 0) is 37.1 Å². The van der Waals surface area contributed by atoms with Gasteiger partial charge in [0.25, 0.3) is 0 Å². The Labute approximate surface area is 128 Å². The number of aryl methyl sites for hydroxylation is 1. The molecule has 1 heterocycles. The summed E-state index contributed by atoms with van der Waals surface area (Å²) in [6.45, 7) is 0.782. The molecule has 5 heteroatoms. The number of aromatic nitrogens is 1. The van der Waals surface area contributed by atoms with E-state index in [1.807, 2.05) is 10.6 Å². The Morgan fingerprint density at radius 1 is 1.09 bits per heavy atom. The average molecular weight is 295 g/mol. The van der Waals surface area contributed by atoms with Crippen LogP contribution < -0.4 is 10.7 Å². The highest BCUT2D eigenvalue weighted by atomic mass is 16.1. The highest BCUT2D eigenvalue weighted by Gasteiger charge is 2.02. The summed E-state index contributed by atoms with van der Waals surface area (Å²) in [7, 11) is 0. The third-order valence-electron chi connectivity index (χ3n) is 3.23. The van der Waals surface area contributed by atoms with Crippen LogP contribution in [-0.2, 0) is 11.3 Å². The summed E-state index contributed by atoms with van der Waals surface area (Å²) in [5.41, 5.74) is 1.27. The van der Waals surface area contributed by atoms with Gasteiger partial charge in [-0.1, -0.05) is 0 Å². The highest BCUT2D eigenvalue weighted by molar-refractivity contribution is 5.90. The molecule has 1 amide bonds. The maximum absolute atomic E-state index is 11.8. The van der Waals surface area contributed by atoms with Crippen LogP contribution in [0, 0.1) is 11.3 Å². The van der Waals surface area contributed by atoms with Gasteiger partial charge in [0.05, 0.1) is 11.6 Å². The largest absolute Gasteiger partial charge is 0.354 e. The Hall–Kier alpha value is -2.87. The van der Waals surface area contributed by atoms with Gasteiger partial charge in [-0.2, -0.15) is 5.26 Å². The van der Waals surface area contributed by atoms with Gasteiger partial charge < -0.3 is 9.88 Å². The van der Waals surface area contributed by atoms with E-state index in [1.54, 1.807) is 36.7 Å². The molecule has 1 aromatic heterocycles. The van der Waals surface area contributed by atoms with E-state index in [9.17, 15) is 9.59 Å². The van der Waals surface area contributed by atoms with Crippen molar-refractivity contribution in [2.45, 2.75) is 25.8 Å². The molecule has 0 radical (unpaired) electrons. The van der Waals surface area contributed by atoms with Crippen LogP contribution in [0.25, 0.3) is 0 Å². The molecule has 0 aliphatic carbocycles. The molecule has 5 nitrogen and oxygen atoms in total. The number of nitrogens with zero attached hydrogens (tertiary/aromatic N) is 2. The summed E-state index contributed by atoms with van der Waals surface area (Å²) in [5.74, 6) is -0.0374. The Morgan fingerprint density at radius 3 is 2.41 bits per heavy atom. The zero-order valence-corrected chi connectivity index (χ0v) is 12.2.